The molecule has 0 aliphatic rings. The average molecular weight is 253 g/mol. The van der Waals surface area contributed by atoms with Crippen LogP contribution in [0.2, 0.25) is 0 Å². The first-order chi connectivity index (χ1) is 6.81. The fourth-order valence-electron chi connectivity index (χ4n) is 1.25. The molecule has 0 spiro atoms. The van der Waals surface area contributed by atoms with Gasteiger partial charge in [-0.25, -0.2) is 0 Å². The predicted octanol–water partition coefficient (Wildman–Crippen LogP) is 1.40. The monoisotopic (exact) mass is 254 g/mol. The molecule has 0 saturated heterocycles. The van der Waals surface area contributed by atoms with E-state index < -0.39 is 0 Å². The molecule has 0 saturated carbocycles. The number of hydrogen-bond donors (Lipinski definition) is 1. The summed E-state index contributed by atoms with van der Waals surface area (Å²) in [4.78, 5) is 6.40. The van der Waals surface area contributed by atoms with Crippen LogP contribution in [0.25, 0.3) is 11.3 Å². The molecule has 0 aliphatic heterocycles. The molecule has 0 aliphatic carbocycles. The van der Waals surface area contributed by atoms with E-state index in [1.165, 1.54) is 0 Å². The van der Waals surface area contributed by atoms with Crippen molar-refractivity contribution >= 4 is 20.2 Å². The summed E-state index contributed by atoms with van der Waals surface area (Å²) >= 11 is 0.407. The predicted molar refractivity (Wildman–Crippen MR) is 57.6 cm³/mol. The second-order valence-electron chi connectivity index (χ2n) is 2.83. The first-order valence-corrected chi connectivity index (χ1v) is 6.11. The molecule has 0 fully saturated rings. The molecule has 72 valence electrons. The topological polar surface area (TPSA) is 48.1 Å². The summed E-state index contributed by atoms with van der Waals surface area (Å²) in [5, 5.41) is 1.95. The molecule has 0 radical (unpaired) electrons. The van der Waals surface area contributed by atoms with Crippen LogP contribution in [-0.4, -0.2) is 26.6 Å². The Morgan fingerprint density at radius 2 is 2.29 bits per heavy atom. The minimum atomic E-state index is 0.407. The molecule has 0 bridgehead atoms. The third-order valence-corrected chi connectivity index (χ3v) is 3.19. The number of aromatic nitrogens is 1. The molecule has 2 N–H and O–H groups in total. The molecule has 1 aromatic heterocycles. The molecule has 0 unspecified atom stereocenters. The summed E-state index contributed by atoms with van der Waals surface area (Å²) in [6, 6.07) is 5.73. The minimum absolute atomic E-state index is 0.407. The van der Waals surface area contributed by atoms with Gasteiger partial charge in [0, 0.05) is 0 Å². The van der Waals surface area contributed by atoms with Crippen molar-refractivity contribution in [1.29, 1.82) is 0 Å². The van der Waals surface area contributed by atoms with Gasteiger partial charge in [-0.3, -0.25) is 0 Å². The zero-order valence-electron chi connectivity index (χ0n) is 7.73. The van der Waals surface area contributed by atoms with Crippen LogP contribution in [0.1, 0.15) is 0 Å². The molecule has 2 aromatic rings. The van der Waals surface area contributed by atoms with Crippen molar-refractivity contribution in [1.82, 2.24) is 4.98 Å². The summed E-state index contributed by atoms with van der Waals surface area (Å²) < 4.78 is 5.08. The van der Waals surface area contributed by atoms with Crippen molar-refractivity contribution in [2.24, 2.45) is 0 Å². The number of benzene rings is 1. The normalized spacial score (nSPS) is 10.1. The quantitative estimate of drug-likeness (QED) is 0.650. The molecule has 14 heavy (non-hydrogen) atoms. The van der Waals surface area contributed by atoms with Crippen LogP contribution in [0, 0.1) is 0 Å². The third-order valence-electron chi connectivity index (χ3n) is 1.96. The van der Waals surface area contributed by atoms with Crippen LogP contribution in [0.15, 0.2) is 28.2 Å². The summed E-state index contributed by atoms with van der Waals surface area (Å²) in [5.74, 6) is 0.710. The van der Waals surface area contributed by atoms with E-state index in [-0.39, 0.29) is 0 Å². The third kappa shape index (κ3) is 1.67. The maximum atomic E-state index is 5.80. The van der Waals surface area contributed by atoms with Crippen molar-refractivity contribution in [2.75, 3.05) is 12.8 Å². The zero-order valence-corrected chi connectivity index (χ0v) is 9.44. The van der Waals surface area contributed by atoms with E-state index in [0.717, 1.165) is 11.3 Å². The Kier molecular flexibility index (Phi) is 2.57. The first kappa shape index (κ1) is 9.31. The number of nitrogens with two attached hydrogens (primary N) is 1. The fourth-order valence-corrected chi connectivity index (χ4v) is 2.43. The Labute approximate surface area is 88.3 Å². The molecule has 1 heterocycles. The fraction of sp³-hybridized carbons (Fsp3) is 0.100. The maximum absolute atomic E-state index is 5.80. The van der Waals surface area contributed by atoms with Gasteiger partial charge in [0.05, 0.1) is 0 Å². The van der Waals surface area contributed by atoms with Crippen LogP contribution in [0.3, 0.4) is 0 Å². The Balaban J connectivity index is 2.43. The van der Waals surface area contributed by atoms with Crippen molar-refractivity contribution in [3.63, 3.8) is 0 Å². The zero-order chi connectivity index (χ0) is 9.97. The van der Waals surface area contributed by atoms with E-state index in [4.69, 9.17) is 10.5 Å². The Morgan fingerprint density at radius 1 is 1.43 bits per heavy atom. The van der Waals surface area contributed by atoms with E-state index >= 15 is 0 Å². The number of methoxy groups -OCH3 is 1. The first-order valence-electron chi connectivity index (χ1n) is 4.13. The van der Waals surface area contributed by atoms with Crippen molar-refractivity contribution < 1.29 is 4.74 Å². The number of nitrogen functional groups attached to an aromatic ring is 1. The molecule has 4 heteroatoms. The van der Waals surface area contributed by atoms with Crippen LogP contribution < -0.4 is 10.5 Å². The Bertz CT molecular complexity index is 426. The molecule has 1 aromatic carbocycles. The summed E-state index contributed by atoms with van der Waals surface area (Å²) in [7, 11) is 1.61. The van der Waals surface area contributed by atoms with E-state index in [1.807, 2.05) is 23.3 Å². The Hall–Kier alpha value is -1.25. The van der Waals surface area contributed by atoms with Crippen LogP contribution in [0.4, 0.5) is 5.69 Å². The van der Waals surface area contributed by atoms with Gasteiger partial charge < -0.3 is 0 Å². The van der Waals surface area contributed by atoms with E-state index in [9.17, 15) is 0 Å². The van der Waals surface area contributed by atoms with Gasteiger partial charge in [-0.2, -0.15) is 0 Å². The second kappa shape index (κ2) is 3.86. The van der Waals surface area contributed by atoms with Crippen LogP contribution in [-0.2, 0) is 0 Å². The number of rotatable bonds is 2. The van der Waals surface area contributed by atoms with Crippen LogP contribution in [0.5, 0.6) is 5.75 Å². The van der Waals surface area contributed by atoms with Gasteiger partial charge in [-0.05, 0) is 0 Å². The summed E-state index contributed by atoms with van der Waals surface area (Å²) in [5.41, 5.74) is 8.52. The number of hydrogen-bond acceptors (Lipinski definition) is 3. The van der Waals surface area contributed by atoms with Gasteiger partial charge in [-0.1, -0.05) is 0 Å². The number of ether oxygens (including phenoxy) is 1. The number of anilines is 1. The molecule has 3 nitrogen and oxygen atoms in total. The van der Waals surface area contributed by atoms with Gasteiger partial charge >= 0.3 is 88.0 Å². The van der Waals surface area contributed by atoms with Gasteiger partial charge in [0.25, 0.3) is 0 Å². The van der Waals surface area contributed by atoms with E-state index in [2.05, 4.69) is 9.92 Å². The van der Waals surface area contributed by atoms with Gasteiger partial charge in [-0.15, -0.1) is 0 Å². The second-order valence-corrected chi connectivity index (χ2v) is 4.34. The molecular formula is C10H10N2OSe. The average Bonchev–Trinajstić information content (AvgIpc) is 2.70. The van der Waals surface area contributed by atoms with Crippen molar-refractivity contribution in [3.05, 3.63) is 28.2 Å². The summed E-state index contributed by atoms with van der Waals surface area (Å²) in [6.07, 6.45) is 0. The van der Waals surface area contributed by atoms with Crippen molar-refractivity contribution in [2.45, 2.75) is 0 Å². The van der Waals surface area contributed by atoms with Gasteiger partial charge in [0.2, 0.25) is 0 Å². The Morgan fingerprint density at radius 3 is 2.86 bits per heavy atom. The SMILES string of the molecule is COc1ccc(-c2c[se]cn2)cc1N. The molecule has 2 rings (SSSR count). The molecule has 0 amide bonds. The molecular weight excluding hydrogens is 243 g/mol. The van der Waals surface area contributed by atoms with E-state index in [0.29, 0.717) is 25.9 Å². The molecule has 0 atom stereocenters. The van der Waals surface area contributed by atoms with Crippen LogP contribution >= 0.6 is 0 Å². The standard InChI is InChI=1S/C10H10N2OSe/c1-13-10-3-2-7(4-8(10)11)9-5-14-6-12-9/h2-6H,11H2,1H3. The summed E-state index contributed by atoms with van der Waals surface area (Å²) in [6.45, 7) is 0. The number of nitrogens with zero attached hydrogens (tertiary/aromatic N) is 1. The van der Waals surface area contributed by atoms with Gasteiger partial charge in [0.15, 0.2) is 0 Å². The van der Waals surface area contributed by atoms with Gasteiger partial charge in [0.1, 0.15) is 0 Å². The van der Waals surface area contributed by atoms with E-state index in [1.54, 1.807) is 7.11 Å². The van der Waals surface area contributed by atoms with Crippen molar-refractivity contribution in [3.8, 4) is 17.0 Å².